The van der Waals surface area contributed by atoms with Crippen molar-refractivity contribution in [2.75, 3.05) is 33.4 Å². The van der Waals surface area contributed by atoms with Crippen molar-refractivity contribution in [2.45, 2.75) is 31.7 Å². The molecule has 0 aromatic carbocycles. The second-order valence-electron chi connectivity index (χ2n) is 4.90. The Hall–Kier alpha value is -0.610. The summed E-state index contributed by atoms with van der Waals surface area (Å²) in [6, 6.07) is 0.0787. The van der Waals surface area contributed by atoms with Crippen LogP contribution in [0.25, 0.3) is 0 Å². The number of piperidine rings is 1. The van der Waals surface area contributed by atoms with Gasteiger partial charge in [0, 0.05) is 26.1 Å². The molecular formula is C12H22N2O2. The van der Waals surface area contributed by atoms with Crippen molar-refractivity contribution in [3.05, 3.63) is 0 Å². The standard InChI is InChI=1S/C12H22N2O2/c1-16-9-10-5-7-14(8-10)12(15)11-4-2-3-6-13-11/h10-11,13H,2-9H2,1H3/t10-,11+/m0/s1. The third-order valence-corrected chi connectivity index (χ3v) is 3.61. The highest BCUT2D eigenvalue weighted by atomic mass is 16.5. The van der Waals surface area contributed by atoms with E-state index in [4.69, 9.17) is 4.74 Å². The van der Waals surface area contributed by atoms with Crippen molar-refractivity contribution in [1.82, 2.24) is 10.2 Å². The molecule has 0 aromatic heterocycles. The number of methoxy groups -OCH3 is 1. The number of likely N-dealkylation sites (tertiary alicyclic amines) is 1. The Morgan fingerprint density at radius 3 is 3.00 bits per heavy atom. The first-order valence-corrected chi connectivity index (χ1v) is 6.32. The molecule has 2 heterocycles. The molecule has 1 amide bonds. The van der Waals surface area contributed by atoms with Crippen molar-refractivity contribution < 1.29 is 9.53 Å². The number of hydrogen-bond donors (Lipinski definition) is 1. The number of ether oxygens (including phenoxy) is 1. The van der Waals surface area contributed by atoms with Gasteiger partial charge in [-0.25, -0.2) is 0 Å². The first-order chi connectivity index (χ1) is 7.81. The Balaban J connectivity index is 1.81. The van der Waals surface area contributed by atoms with Gasteiger partial charge in [-0.1, -0.05) is 6.42 Å². The molecular weight excluding hydrogens is 204 g/mol. The predicted octanol–water partition coefficient (Wildman–Crippen LogP) is 0.623. The summed E-state index contributed by atoms with van der Waals surface area (Å²) in [5.74, 6) is 0.843. The maximum absolute atomic E-state index is 12.2. The first kappa shape index (κ1) is 11.9. The van der Waals surface area contributed by atoms with E-state index in [9.17, 15) is 4.79 Å². The van der Waals surface area contributed by atoms with Gasteiger partial charge in [-0.2, -0.15) is 0 Å². The fourth-order valence-electron chi connectivity index (χ4n) is 2.69. The second kappa shape index (κ2) is 5.64. The van der Waals surface area contributed by atoms with Crippen LogP contribution < -0.4 is 5.32 Å². The molecule has 0 aromatic rings. The molecule has 2 aliphatic heterocycles. The van der Waals surface area contributed by atoms with E-state index in [1.165, 1.54) is 12.8 Å². The Bertz CT molecular complexity index is 239. The van der Waals surface area contributed by atoms with Gasteiger partial charge in [0.05, 0.1) is 12.6 Å². The van der Waals surface area contributed by atoms with Gasteiger partial charge in [0.15, 0.2) is 0 Å². The number of carbonyl (C=O) groups excluding carboxylic acids is 1. The summed E-state index contributed by atoms with van der Waals surface area (Å²) >= 11 is 0. The number of amides is 1. The molecule has 2 fully saturated rings. The number of nitrogens with zero attached hydrogens (tertiary/aromatic N) is 1. The average molecular weight is 226 g/mol. The number of rotatable bonds is 3. The van der Waals surface area contributed by atoms with Gasteiger partial charge in [0.1, 0.15) is 0 Å². The average Bonchev–Trinajstić information content (AvgIpc) is 2.78. The van der Waals surface area contributed by atoms with Crippen molar-refractivity contribution in [3.63, 3.8) is 0 Å². The summed E-state index contributed by atoms with van der Waals surface area (Å²) < 4.78 is 5.15. The van der Waals surface area contributed by atoms with Crippen LogP contribution >= 0.6 is 0 Å². The molecule has 0 aliphatic carbocycles. The Kier molecular flexibility index (Phi) is 4.18. The molecule has 0 bridgehead atoms. The second-order valence-corrected chi connectivity index (χ2v) is 4.90. The highest BCUT2D eigenvalue weighted by molar-refractivity contribution is 5.82. The summed E-state index contributed by atoms with van der Waals surface area (Å²) in [6.45, 7) is 3.56. The zero-order chi connectivity index (χ0) is 11.4. The van der Waals surface area contributed by atoms with Crippen LogP contribution in [0.4, 0.5) is 0 Å². The maximum atomic E-state index is 12.2. The van der Waals surface area contributed by atoms with Crippen LogP contribution in [0.1, 0.15) is 25.7 Å². The number of nitrogens with one attached hydrogen (secondary N) is 1. The fraction of sp³-hybridized carbons (Fsp3) is 0.917. The van der Waals surface area contributed by atoms with Crippen LogP contribution in [-0.2, 0) is 9.53 Å². The third kappa shape index (κ3) is 2.74. The Morgan fingerprint density at radius 1 is 1.44 bits per heavy atom. The molecule has 0 saturated carbocycles. The zero-order valence-corrected chi connectivity index (χ0v) is 10.1. The minimum absolute atomic E-state index is 0.0787. The van der Waals surface area contributed by atoms with E-state index in [0.717, 1.165) is 39.1 Å². The molecule has 16 heavy (non-hydrogen) atoms. The minimum Gasteiger partial charge on any atom is -0.384 e. The summed E-state index contributed by atoms with van der Waals surface area (Å²) in [5.41, 5.74) is 0. The number of hydrogen-bond acceptors (Lipinski definition) is 3. The van der Waals surface area contributed by atoms with Gasteiger partial charge in [0.25, 0.3) is 0 Å². The van der Waals surface area contributed by atoms with E-state index in [-0.39, 0.29) is 6.04 Å². The van der Waals surface area contributed by atoms with E-state index in [1.54, 1.807) is 7.11 Å². The molecule has 1 N–H and O–H groups in total. The first-order valence-electron chi connectivity index (χ1n) is 6.32. The van der Waals surface area contributed by atoms with Crippen LogP contribution in [0, 0.1) is 5.92 Å². The molecule has 4 nitrogen and oxygen atoms in total. The smallest absolute Gasteiger partial charge is 0.239 e. The van der Waals surface area contributed by atoms with Crippen LogP contribution in [0.3, 0.4) is 0 Å². The van der Waals surface area contributed by atoms with Gasteiger partial charge in [0.2, 0.25) is 5.91 Å². The molecule has 2 aliphatic rings. The van der Waals surface area contributed by atoms with Gasteiger partial charge in [-0.05, 0) is 25.8 Å². The van der Waals surface area contributed by atoms with E-state index in [1.807, 2.05) is 4.90 Å². The normalized spacial score (nSPS) is 30.7. The highest BCUT2D eigenvalue weighted by Crippen LogP contribution is 2.19. The summed E-state index contributed by atoms with van der Waals surface area (Å²) in [7, 11) is 1.73. The largest absolute Gasteiger partial charge is 0.384 e. The van der Waals surface area contributed by atoms with E-state index in [2.05, 4.69) is 5.32 Å². The van der Waals surface area contributed by atoms with Gasteiger partial charge in [-0.15, -0.1) is 0 Å². The third-order valence-electron chi connectivity index (χ3n) is 3.61. The van der Waals surface area contributed by atoms with E-state index in [0.29, 0.717) is 11.8 Å². The van der Waals surface area contributed by atoms with E-state index >= 15 is 0 Å². The monoisotopic (exact) mass is 226 g/mol. The molecule has 0 unspecified atom stereocenters. The van der Waals surface area contributed by atoms with Crippen LogP contribution in [0.2, 0.25) is 0 Å². The fourth-order valence-corrected chi connectivity index (χ4v) is 2.69. The lowest BCUT2D eigenvalue weighted by atomic mass is 10.0. The molecule has 2 atom stereocenters. The highest BCUT2D eigenvalue weighted by Gasteiger charge is 2.31. The summed E-state index contributed by atoms with van der Waals surface area (Å²) in [5, 5.41) is 3.32. The predicted molar refractivity (Wildman–Crippen MR) is 62.2 cm³/mol. The van der Waals surface area contributed by atoms with Gasteiger partial charge >= 0.3 is 0 Å². The quantitative estimate of drug-likeness (QED) is 0.767. The van der Waals surface area contributed by atoms with E-state index < -0.39 is 0 Å². The Morgan fingerprint density at radius 2 is 2.31 bits per heavy atom. The van der Waals surface area contributed by atoms with Crippen molar-refractivity contribution in [2.24, 2.45) is 5.92 Å². The van der Waals surface area contributed by atoms with Gasteiger partial charge in [-0.3, -0.25) is 4.79 Å². The lowest BCUT2D eigenvalue weighted by Gasteiger charge is -2.27. The summed E-state index contributed by atoms with van der Waals surface area (Å²) in [4.78, 5) is 14.2. The van der Waals surface area contributed by atoms with Crippen LogP contribution in [-0.4, -0.2) is 50.2 Å². The lowest BCUT2D eigenvalue weighted by Crippen LogP contribution is -2.47. The molecule has 2 rings (SSSR count). The Labute approximate surface area is 97.3 Å². The van der Waals surface area contributed by atoms with Crippen molar-refractivity contribution in [3.8, 4) is 0 Å². The minimum atomic E-state index is 0.0787. The SMILES string of the molecule is COC[C@H]1CCN(C(=O)[C@H]2CCCCN2)C1. The number of carbonyl (C=O) groups is 1. The van der Waals surface area contributed by atoms with Crippen molar-refractivity contribution >= 4 is 5.91 Å². The van der Waals surface area contributed by atoms with Gasteiger partial charge < -0.3 is 15.0 Å². The molecule has 92 valence electrons. The summed E-state index contributed by atoms with van der Waals surface area (Å²) in [6.07, 6.45) is 4.48. The maximum Gasteiger partial charge on any atom is 0.239 e. The molecule has 4 heteroatoms. The zero-order valence-electron chi connectivity index (χ0n) is 10.1. The van der Waals surface area contributed by atoms with Crippen molar-refractivity contribution in [1.29, 1.82) is 0 Å². The molecule has 2 saturated heterocycles. The molecule has 0 radical (unpaired) electrons. The topological polar surface area (TPSA) is 41.6 Å². The molecule has 0 spiro atoms. The van der Waals surface area contributed by atoms with Crippen LogP contribution in [0.15, 0.2) is 0 Å². The lowest BCUT2D eigenvalue weighted by molar-refractivity contribution is -0.133. The van der Waals surface area contributed by atoms with Crippen LogP contribution in [0.5, 0.6) is 0 Å².